The number of hydrogen-bond donors (Lipinski definition) is 2. The van der Waals surface area contributed by atoms with Gasteiger partial charge in [0.2, 0.25) is 0 Å². The van der Waals surface area contributed by atoms with Crippen molar-refractivity contribution in [2.24, 2.45) is 0 Å². The third kappa shape index (κ3) is 2.11. The van der Waals surface area contributed by atoms with E-state index < -0.39 is 23.2 Å². The fraction of sp³-hybridized carbons (Fsp3) is 0. The van der Waals surface area contributed by atoms with Crippen LogP contribution in [0.5, 0.6) is 0 Å². The van der Waals surface area contributed by atoms with E-state index in [4.69, 9.17) is 11.0 Å². The van der Waals surface area contributed by atoms with E-state index >= 15 is 0 Å². The second-order valence-corrected chi connectivity index (χ2v) is 5.52. The highest BCUT2D eigenvalue weighted by molar-refractivity contribution is 9.10. The number of imide groups is 1. The number of aromatic nitrogens is 1. The number of fused-ring (bicyclic) bond motifs is 1. The van der Waals surface area contributed by atoms with Gasteiger partial charge in [0.25, 0.3) is 17.4 Å². The Morgan fingerprint density at radius 1 is 1.22 bits per heavy atom. The monoisotopic (exact) mass is 376 g/mol. The Bertz CT molecular complexity index is 1010. The fourth-order valence-electron chi connectivity index (χ4n) is 2.32. The zero-order chi connectivity index (χ0) is 16.9. The topological polar surface area (TPSA) is 118 Å². The molecule has 2 heterocycles. The van der Waals surface area contributed by atoms with Gasteiger partial charge in [-0.05, 0) is 22.0 Å². The van der Waals surface area contributed by atoms with Crippen LogP contribution in [0.1, 0.15) is 26.3 Å². The molecule has 23 heavy (non-hydrogen) atoms. The number of anilines is 1. The standard InChI is InChI=1S/C14H6BrFN4O3/c15-7-1-5(4-17)8(16)3-9(7)20-10(21)2-6-11(12(20)18)14(23)19-13(6)22/h1-3H,18H2,(H,19,22,23). The van der Waals surface area contributed by atoms with Crippen LogP contribution in [0.4, 0.5) is 10.2 Å². The third-order valence-electron chi connectivity index (χ3n) is 3.35. The Kier molecular flexibility index (Phi) is 3.26. The molecular formula is C14H6BrFN4O3. The van der Waals surface area contributed by atoms with Crippen LogP contribution in [0.2, 0.25) is 0 Å². The van der Waals surface area contributed by atoms with E-state index in [2.05, 4.69) is 15.9 Å². The van der Waals surface area contributed by atoms with Crippen LogP contribution in [0.3, 0.4) is 0 Å². The number of nitrogens with zero attached hydrogens (tertiary/aromatic N) is 2. The van der Waals surface area contributed by atoms with Crippen molar-refractivity contribution in [2.75, 3.05) is 5.73 Å². The quantitative estimate of drug-likeness (QED) is 0.721. The first-order chi connectivity index (χ1) is 10.8. The molecule has 0 radical (unpaired) electrons. The molecule has 2 amide bonds. The molecule has 3 N–H and O–H groups in total. The van der Waals surface area contributed by atoms with E-state index in [1.54, 1.807) is 6.07 Å². The van der Waals surface area contributed by atoms with Crippen molar-refractivity contribution in [3.05, 3.63) is 55.5 Å². The number of carbonyl (C=O) groups excluding carboxylic acids is 2. The van der Waals surface area contributed by atoms with E-state index in [1.807, 2.05) is 5.32 Å². The largest absolute Gasteiger partial charge is 0.384 e. The Morgan fingerprint density at radius 3 is 2.57 bits per heavy atom. The predicted molar refractivity (Wildman–Crippen MR) is 80.6 cm³/mol. The number of rotatable bonds is 1. The summed E-state index contributed by atoms with van der Waals surface area (Å²) in [6.07, 6.45) is 0. The number of hydrogen-bond acceptors (Lipinski definition) is 5. The lowest BCUT2D eigenvalue weighted by molar-refractivity contribution is 0.0880. The lowest BCUT2D eigenvalue weighted by Gasteiger charge is -2.13. The van der Waals surface area contributed by atoms with Gasteiger partial charge in [-0.3, -0.25) is 24.3 Å². The van der Waals surface area contributed by atoms with Gasteiger partial charge in [0.05, 0.1) is 22.4 Å². The van der Waals surface area contributed by atoms with Gasteiger partial charge < -0.3 is 5.73 Å². The Balaban J connectivity index is 2.36. The smallest absolute Gasteiger partial charge is 0.262 e. The predicted octanol–water partition coefficient (Wildman–Crippen LogP) is 1.08. The Morgan fingerprint density at radius 2 is 1.91 bits per heavy atom. The molecule has 0 saturated carbocycles. The Hall–Kier alpha value is -2.99. The van der Waals surface area contributed by atoms with E-state index in [1.165, 1.54) is 6.07 Å². The Labute approximate surface area is 136 Å². The van der Waals surface area contributed by atoms with Gasteiger partial charge in [-0.1, -0.05) is 0 Å². The van der Waals surface area contributed by atoms with Gasteiger partial charge in [-0.25, -0.2) is 4.39 Å². The third-order valence-corrected chi connectivity index (χ3v) is 3.99. The highest BCUT2D eigenvalue weighted by Crippen LogP contribution is 2.28. The minimum Gasteiger partial charge on any atom is -0.384 e. The maximum Gasteiger partial charge on any atom is 0.262 e. The van der Waals surface area contributed by atoms with Crippen molar-refractivity contribution in [3.63, 3.8) is 0 Å². The van der Waals surface area contributed by atoms with Crippen LogP contribution in [0.25, 0.3) is 5.69 Å². The van der Waals surface area contributed by atoms with Crippen molar-refractivity contribution in [3.8, 4) is 11.8 Å². The van der Waals surface area contributed by atoms with Crippen molar-refractivity contribution in [1.82, 2.24) is 9.88 Å². The summed E-state index contributed by atoms with van der Waals surface area (Å²) in [5.74, 6) is -2.59. The molecular weight excluding hydrogens is 371 g/mol. The number of pyridine rings is 1. The number of nitriles is 1. The summed E-state index contributed by atoms with van der Waals surface area (Å²) in [7, 11) is 0. The number of nitrogens with one attached hydrogen (secondary N) is 1. The van der Waals surface area contributed by atoms with Crippen LogP contribution >= 0.6 is 15.9 Å². The zero-order valence-corrected chi connectivity index (χ0v) is 12.8. The minimum absolute atomic E-state index is 0.0129. The highest BCUT2D eigenvalue weighted by Gasteiger charge is 2.32. The fourth-order valence-corrected chi connectivity index (χ4v) is 2.84. The van der Waals surface area contributed by atoms with Gasteiger partial charge in [0.1, 0.15) is 17.7 Å². The summed E-state index contributed by atoms with van der Waals surface area (Å²) in [4.78, 5) is 35.6. The SMILES string of the molecule is N#Cc1cc(Br)c(-n2c(N)c3c(cc2=O)C(=O)NC3=O)cc1F. The summed E-state index contributed by atoms with van der Waals surface area (Å²) in [5.41, 5.74) is 4.66. The average molecular weight is 377 g/mol. The van der Waals surface area contributed by atoms with Crippen molar-refractivity contribution >= 4 is 33.6 Å². The maximum absolute atomic E-state index is 13.9. The molecule has 0 aliphatic carbocycles. The summed E-state index contributed by atoms with van der Waals surface area (Å²) >= 11 is 3.13. The summed E-state index contributed by atoms with van der Waals surface area (Å²) in [6.45, 7) is 0. The molecule has 2 aromatic rings. The number of nitrogens with two attached hydrogens (primary N) is 1. The number of amides is 2. The molecule has 0 spiro atoms. The van der Waals surface area contributed by atoms with E-state index in [9.17, 15) is 18.8 Å². The normalized spacial score (nSPS) is 12.7. The highest BCUT2D eigenvalue weighted by atomic mass is 79.9. The van der Waals surface area contributed by atoms with Gasteiger partial charge in [-0.2, -0.15) is 5.26 Å². The first kappa shape index (κ1) is 14.9. The molecule has 0 fully saturated rings. The second-order valence-electron chi connectivity index (χ2n) is 4.67. The molecule has 1 aliphatic heterocycles. The summed E-state index contributed by atoms with van der Waals surface area (Å²) in [6, 6.07) is 4.75. The molecule has 7 nitrogen and oxygen atoms in total. The van der Waals surface area contributed by atoms with Gasteiger partial charge in [-0.15, -0.1) is 0 Å². The van der Waals surface area contributed by atoms with Crippen molar-refractivity contribution in [1.29, 1.82) is 5.26 Å². The molecule has 9 heteroatoms. The number of carbonyl (C=O) groups is 2. The molecule has 0 atom stereocenters. The minimum atomic E-state index is -0.849. The molecule has 114 valence electrons. The van der Waals surface area contributed by atoms with E-state index in [0.29, 0.717) is 0 Å². The number of nitrogen functional groups attached to an aromatic ring is 1. The first-order valence-electron chi connectivity index (χ1n) is 6.16. The number of benzene rings is 1. The van der Waals surface area contributed by atoms with Crippen LogP contribution in [0, 0.1) is 17.1 Å². The summed E-state index contributed by atoms with van der Waals surface area (Å²) < 4.78 is 15.0. The lowest BCUT2D eigenvalue weighted by Crippen LogP contribution is -2.24. The van der Waals surface area contributed by atoms with Crippen LogP contribution in [-0.2, 0) is 0 Å². The van der Waals surface area contributed by atoms with Gasteiger partial charge in [0, 0.05) is 16.6 Å². The maximum atomic E-state index is 13.9. The van der Waals surface area contributed by atoms with Crippen LogP contribution < -0.4 is 16.6 Å². The number of halogens is 2. The van der Waals surface area contributed by atoms with Crippen LogP contribution in [-0.4, -0.2) is 16.4 Å². The van der Waals surface area contributed by atoms with Gasteiger partial charge in [0.15, 0.2) is 0 Å². The van der Waals surface area contributed by atoms with Crippen molar-refractivity contribution in [2.45, 2.75) is 0 Å². The van der Waals surface area contributed by atoms with Crippen molar-refractivity contribution < 1.29 is 14.0 Å². The zero-order valence-electron chi connectivity index (χ0n) is 11.2. The average Bonchev–Trinajstić information content (AvgIpc) is 2.76. The molecule has 1 aromatic heterocycles. The molecule has 0 bridgehead atoms. The first-order valence-corrected chi connectivity index (χ1v) is 6.95. The molecule has 0 saturated heterocycles. The summed E-state index contributed by atoms with van der Waals surface area (Å²) in [5, 5.41) is 10.8. The molecule has 3 rings (SSSR count). The molecule has 0 unspecified atom stereocenters. The molecule has 1 aromatic carbocycles. The second kappa shape index (κ2) is 5.03. The van der Waals surface area contributed by atoms with Gasteiger partial charge >= 0.3 is 0 Å². The van der Waals surface area contributed by atoms with E-state index in [-0.39, 0.29) is 32.7 Å². The lowest BCUT2D eigenvalue weighted by atomic mass is 10.1. The van der Waals surface area contributed by atoms with Crippen LogP contribution in [0.15, 0.2) is 27.5 Å². The van der Waals surface area contributed by atoms with E-state index in [0.717, 1.165) is 16.7 Å². The molecule has 1 aliphatic rings.